The van der Waals surface area contributed by atoms with Gasteiger partial charge in [-0.2, -0.15) is 4.31 Å². The highest BCUT2D eigenvalue weighted by molar-refractivity contribution is 7.89. The van der Waals surface area contributed by atoms with Crippen LogP contribution in [-0.2, 0) is 10.0 Å². The minimum atomic E-state index is -3.54. The van der Waals surface area contributed by atoms with Gasteiger partial charge in [-0.05, 0) is 73.6 Å². The van der Waals surface area contributed by atoms with Crippen molar-refractivity contribution < 1.29 is 22.7 Å². The quantitative estimate of drug-likeness (QED) is 0.678. The fourth-order valence-corrected chi connectivity index (χ4v) is 6.67. The van der Waals surface area contributed by atoms with Crippen molar-refractivity contribution in [3.05, 3.63) is 53.6 Å². The first kappa shape index (κ1) is 22.2. The van der Waals surface area contributed by atoms with Crippen LogP contribution in [0.3, 0.4) is 0 Å². The Bertz CT molecular complexity index is 1130. The number of piperidine rings is 1. The van der Waals surface area contributed by atoms with Gasteiger partial charge in [0.05, 0.1) is 10.9 Å². The summed E-state index contributed by atoms with van der Waals surface area (Å²) in [7, 11) is -3.54. The molecule has 2 atom stereocenters. The van der Waals surface area contributed by atoms with Gasteiger partial charge < -0.3 is 14.4 Å². The van der Waals surface area contributed by atoms with Crippen molar-refractivity contribution in [1.29, 1.82) is 0 Å². The van der Waals surface area contributed by atoms with Crippen molar-refractivity contribution in [3.8, 4) is 11.5 Å². The molecule has 8 heteroatoms. The standard InChI is InChI=1S/C25H30N2O5S/c1-18-4-2-12-26(17-18)33(29,30)21-9-6-19(7-10-21)25(28)27-13-3-5-22(27)20-8-11-23-24(16-20)32-15-14-31-23/h6-11,16,18,22H,2-5,12-15,17H2,1H3/t18-,22+/m0/s1. The summed E-state index contributed by atoms with van der Waals surface area (Å²) in [5.74, 6) is 1.74. The summed E-state index contributed by atoms with van der Waals surface area (Å²) < 4.78 is 39.0. The maximum Gasteiger partial charge on any atom is 0.254 e. The number of carbonyl (C=O) groups excluding carboxylic acids is 1. The molecule has 0 spiro atoms. The number of hydrogen-bond donors (Lipinski definition) is 0. The Hall–Kier alpha value is -2.58. The average Bonchev–Trinajstić information content (AvgIpc) is 3.33. The van der Waals surface area contributed by atoms with Crippen molar-refractivity contribution in [1.82, 2.24) is 9.21 Å². The molecule has 176 valence electrons. The fourth-order valence-electron chi connectivity index (χ4n) is 5.07. The van der Waals surface area contributed by atoms with Gasteiger partial charge in [0.25, 0.3) is 5.91 Å². The van der Waals surface area contributed by atoms with Crippen LogP contribution in [-0.4, -0.2) is 56.4 Å². The van der Waals surface area contributed by atoms with Crippen molar-refractivity contribution in [2.45, 2.75) is 43.5 Å². The number of ether oxygens (including phenoxy) is 2. The Balaban J connectivity index is 1.34. The van der Waals surface area contributed by atoms with Crippen molar-refractivity contribution in [2.75, 3.05) is 32.8 Å². The summed E-state index contributed by atoms with van der Waals surface area (Å²) in [6.07, 6.45) is 3.74. The molecule has 0 N–H and O–H groups in total. The zero-order chi connectivity index (χ0) is 23.0. The van der Waals surface area contributed by atoms with Gasteiger partial charge in [0.15, 0.2) is 11.5 Å². The minimum Gasteiger partial charge on any atom is -0.486 e. The van der Waals surface area contributed by atoms with Gasteiger partial charge in [-0.25, -0.2) is 8.42 Å². The third kappa shape index (κ3) is 4.34. The lowest BCUT2D eigenvalue weighted by Gasteiger charge is -2.30. The molecule has 0 radical (unpaired) electrons. The lowest BCUT2D eigenvalue weighted by atomic mass is 10.0. The zero-order valence-electron chi connectivity index (χ0n) is 18.9. The van der Waals surface area contributed by atoms with E-state index in [1.54, 1.807) is 28.6 Å². The van der Waals surface area contributed by atoms with E-state index >= 15 is 0 Å². The Morgan fingerprint density at radius 2 is 1.67 bits per heavy atom. The predicted molar refractivity (Wildman–Crippen MR) is 124 cm³/mol. The van der Waals surface area contributed by atoms with E-state index in [0.717, 1.165) is 42.7 Å². The van der Waals surface area contributed by atoms with Crippen LogP contribution in [0.5, 0.6) is 11.5 Å². The van der Waals surface area contributed by atoms with E-state index in [-0.39, 0.29) is 16.8 Å². The molecule has 2 aromatic carbocycles. The molecule has 2 aromatic rings. The van der Waals surface area contributed by atoms with Gasteiger partial charge in [0, 0.05) is 25.2 Å². The van der Waals surface area contributed by atoms with Crippen molar-refractivity contribution in [2.24, 2.45) is 5.92 Å². The maximum atomic E-state index is 13.3. The lowest BCUT2D eigenvalue weighted by molar-refractivity contribution is 0.0735. The molecule has 33 heavy (non-hydrogen) atoms. The van der Waals surface area contributed by atoms with E-state index in [1.165, 1.54) is 0 Å². The Kier molecular flexibility index (Phi) is 6.05. The smallest absolute Gasteiger partial charge is 0.254 e. The van der Waals surface area contributed by atoms with Crippen LogP contribution in [0.4, 0.5) is 0 Å². The summed E-state index contributed by atoms with van der Waals surface area (Å²) in [6, 6.07) is 12.3. The van der Waals surface area contributed by atoms with E-state index in [0.29, 0.717) is 44.3 Å². The summed E-state index contributed by atoms with van der Waals surface area (Å²) in [5.41, 5.74) is 1.54. The summed E-state index contributed by atoms with van der Waals surface area (Å²) in [6.45, 7) is 4.92. The number of rotatable bonds is 4. The molecule has 7 nitrogen and oxygen atoms in total. The maximum absolute atomic E-state index is 13.3. The molecule has 0 aliphatic carbocycles. The summed E-state index contributed by atoms with van der Waals surface area (Å²) in [5, 5.41) is 0. The Morgan fingerprint density at radius 1 is 0.939 bits per heavy atom. The lowest BCUT2D eigenvalue weighted by Crippen LogP contribution is -2.39. The molecule has 3 aliphatic rings. The van der Waals surface area contributed by atoms with Crippen LogP contribution in [0, 0.1) is 5.92 Å². The number of carbonyl (C=O) groups is 1. The molecule has 5 rings (SSSR count). The van der Waals surface area contributed by atoms with Gasteiger partial charge in [-0.1, -0.05) is 13.0 Å². The van der Waals surface area contributed by atoms with E-state index in [9.17, 15) is 13.2 Å². The van der Waals surface area contributed by atoms with Crippen LogP contribution < -0.4 is 9.47 Å². The number of hydrogen-bond acceptors (Lipinski definition) is 5. The molecule has 0 saturated carbocycles. The van der Waals surface area contributed by atoms with Crippen LogP contribution in [0.2, 0.25) is 0 Å². The largest absolute Gasteiger partial charge is 0.486 e. The molecule has 0 bridgehead atoms. The molecule has 3 heterocycles. The second-order valence-corrected chi connectivity index (χ2v) is 11.1. The first-order valence-electron chi connectivity index (χ1n) is 11.7. The minimum absolute atomic E-state index is 0.0356. The third-order valence-electron chi connectivity index (χ3n) is 6.82. The monoisotopic (exact) mass is 470 g/mol. The second-order valence-electron chi connectivity index (χ2n) is 9.19. The number of benzene rings is 2. The molecule has 3 aliphatic heterocycles. The first-order valence-corrected chi connectivity index (χ1v) is 13.2. The number of amides is 1. The van der Waals surface area contributed by atoms with E-state index in [1.807, 2.05) is 23.1 Å². The molecular weight excluding hydrogens is 440 g/mol. The van der Waals surface area contributed by atoms with Gasteiger partial charge >= 0.3 is 0 Å². The van der Waals surface area contributed by atoms with Gasteiger partial charge in [0.2, 0.25) is 10.0 Å². The van der Waals surface area contributed by atoms with Crippen LogP contribution >= 0.6 is 0 Å². The van der Waals surface area contributed by atoms with Crippen molar-refractivity contribution >= 4 is 15.9 Å². The van der Waals surface area contributed by atoms with E-state index < -0.39 is 10.0 Å². The molecular formula is C25H30N2O5S. The molecule has 0 aromatic heterocycles. The highest BCUT2D eigenvalue weighted by atomic mass is 32.2. The third-order valence-corrected chi connectivity index (χ3v) is 8.70. The highest BCUT2D eigenvalue weighted by Crippen LogP contribution is 2.38. The number of fused-ring (bicyclic) bond motifs is 1. The van der Waals surface area contributed by atoms with Gasteiger partial charge in [-0.15, -0.1) is 0 Å². The SMILES string of the molecule is C[C@H]1CCCN(S(=O)(=O)c2ccc(C(=O)N3CCC[C@@H]3c3ccc4c(c3)OCCO4)cc2)C1. The number of nitrogens with zero attached hydrogens (tertiary/aromatic N) is 2. The molecule has 2 saturated heterocycles. The van der Waals surface area contributed by atoms with Crippen LogP contribution in [0.25, 0.3) is 0 Å². The van der Waals surface area contributed by atoms with E-state index in [4.69, 9.17) is 9.47 Å². The van der Waals surface area contributed by atoms with Crippen molar-refractivity contribution in [3.63, 3.8) is 0 Å². The van der Waals surface area contributed by atoms with Crippen LogP contribution in [0.1, 0.15) is 54.6 Å². The molecule has 2 fully saturated rings. The Labute approximate surface area is 195 Å². The highest BCUT2D eigenvalue weighted by Gasteiger charge is 2.32. The number of sulfonamides is 1. The summed E-state index contributed by atoms with van der Waals surface area (Å²) in [4.78, 5) is 15.5. The van der Waals surface area contributed by atoms with Gasteiger partial charge in [-0.3, -0.25) is 4.79 Å². The molecule has 1 amide bonds. The fraction of sp³-hybridized carbons (Fsp3) is 0.480. The van der Waals surface area contributed by atoms with E-state index in [2.05, 4.69) is 6.92 Å². The van der Waals surface area contributed by atoms with Crippen LogP contribution in [0.15, 0.2) is 47.4 Å². The average molecular weight is 471 g/mol. The Morgan fingerprint density at radius 3 is 2.42 bits per heavy atom. The summed E-state index contributed by atoms with van der Waals surface area (Å²) >= 11 is 0. The van der Waals surface area contributed by atoms with Gasteiger partial charge in [0.1, 0.15) is 13.2 Å². The zero-order valence-corrected chi connectivity index (χ0v) is 19.7. The normalized spacial score (nSPS) is 23.5. The predicted octanol–water partition coefficient (Wildman–Crippen LogP) is 3.86. The topological polar surface area (TPSA) is 76.2 Å². The second kappa shape index (κ2) is 8.99. The first-order chi connectivity index (χ1) is 15.9. The number of likely N-dealkylation sites (tertiary alicyclic amines) is 1. The molecule has 0 unspecified atom stereocenters.